The number of hydrogen-bond donors (Lipinski definition) is 4. The van der Waals surface area contributed by atoms with E-state index in [2.05, 4.69) is 16.7 Å². The lowest BCUT2D eigenvalue weighted by Crippen LogP contribution is -2.55. The Morgan fingerprint density at radius 1 is 1.03 bits per heavy atom. The summed E-state index contributed by atoms with van der Waals surface area (Å²) in [6.45, 7) is 3.90. The van der Waals surface area contributed by atoms with Crippen LogP contribution in [-0.4, -0.2) is 41.0 Å². The van der Waals surface area contributed by atoms with Crippen LogP contribution in [0.1, 0.15) is 55.7 Å². The minimum atomic E-state index is -1.67. The van der Waals surface area contributed by atoms with Gasteiger partial charge in [-0.2, -0.15) is 0 Å². The van der Waals surface area contributed by atoms with E-state index in [1.165, 1.54) is 5.56 Å². The van der Waals surface area contributed by atoms with E-state index in [1.807, 2.05) is 62.4 Å². The zero-order valence-corrected chi connectivity index (χ0v) is 18.8. The van der Waals surface area contributed by atoms with Gasteiger partial charge in [0.25, 0.3) is 0 Å². The number of carbonyl (C=O) groups is 2. The van der Waals surface area contributed by atoms with Crippen molar-refractivity contribution < 1.29 is 19.6 Å². The van der Waals surface area contributed by atoms with Gasteiger partial charge in [0.15, 0.2) is 0 Å². The first-order valence-corrected chi connectivity index (χ1v) is 11.4. The van der Waals surface area contributed by atoms with Gasteiger partial charge in [0.1, 0.15) is 6.04 Å². The van der Waals surface area contributed by atoms with Crippen molar-refractivity contribution in [3.8, 4) is 0 Å². The van der Waals surface area contributed by atoms with Crippen molar-refractivity contribution in [3.63, 3.8) is 0 Å². The number of amides is 2. The number of hydrogen-bond acceptors (Lipinski definition) is 4. The van der Waals surface area contributed by atoms with E-state index in [0.29, 0.717) is 12.8 Å². The van der Waals surface area contributed by atoms with Crippen molar-refractivity contribution in [3.05, 3.63) is 71.3 Å². The summed E-state index contributed by atoms with van der Waals surface area (Å²) in [5.41, 5.74) is 3.13. The van der Waals surface area contributed by atoms with Crippen LogP contribution in [0.25, 0.3) is 0 Å². The van der Waals surface area contributed by atoms with Gasteiger partial charge in [0, 0.05) is 6.42 Å². The lowest BCUT2D eigenvalue weighted by atomic mass is 9.75. The maximum atomic E-state index is 13.3. The summed E-state index contributed by atoms with van der Waals surface area (Å²) in [7, 11) is -1.67. The highest BCUT2D eigenvalue weighted by molar-refractivity contribution is 6.43. The Morgan fingerprint density at radius 3 is 2.41 bits per heavy atom. The minimum Gasteiger partial charge on any atom is -0.426 e. The fraction of sp³-hybridized carbons (Fsp3) is 0.440. The molecule has 1 aliphatic rings. The number of nitrogens with one attached hydrogen (secondary N) is 2. The lowest BCUT2D eigenvalue weighted by Gasteiger charge is -2.28. The van der Waals surface area contributed by atoms with Crippen LogP contribution in [0.15, 0.2) is 54.6 Å². The molecule has 4 N–H and O–H groups in total. The Hall–Kier alpha value is -2.64. The van der Waals surface area contributed by atoms with Crippen LogP contribution in [-0.2, 0) is 22.4 Å². The summed E-state index contributed by atoms with van der Waals surface area (Å²) in [6.07, 6.45) is 3.37. The molecule has 0 spiro atoms. The van der Waals surface area contributed by atoms with Crippen LogP contribution in [0.3, 0.4) is 0 Å². The van der Waals surface area contributed by atoms with Gasteiger partial charge in [-0.3, -0.25) is 9.59 Å². The quantitative estimate of drug-likeness (QED) is 0.454. The van der Waals surface area contributed by atoms with Gasteiger partial charge in [-0.1, -0.05) is 68.4 Å². The molecule has 0 aromatic heterocycles. The summed E-state index contributed by atoms with van der Waals surface area (Å²) in [5.74, 6) is -1.50. The molecule has 170 valence electrons. The zero-order chi connectivity index (χ0) is 23.1. The van der Waals surface area contributed by atoms with Crippen LogP contribution >= 0.6 is 0 Å². The Bertz CT molecular complexity index is 904. The number of aryl methyl sites for hydroxylation is 1. The molecule has 2 amide bonds. The van der Waals surface area contributed by atoms with Crippen LogP contribution in [0.4, 0.5) is 0 Å². The normalized spacial score (nSPS) is 17.2. The summed E-state index contributed by atoms with van der Waals surface area (Å²) in [5, 5.41) is 25.2. The highest BCUT2D eigenvalue weighted by Crippen LogP contribution is 2.31. The second-order valence-corrected chi connectivity index (χ2v) is 9.05. The van der Waals surface area contributed by atoms with Gasteiger partial charge in [-0.05, 0) is 48.3 Å². The van der Waals surface area contributed by atoms with E-state index >= 15 is 0 Å². The molecule has 6 nitrogen and oxygen atoms in total. The zero-order valence-electron chi connectivity index (χ0n) is 18.8. The average molecular weight is 436 g/mol. The fourth-order valence-electron chi connectivity index (χ4n) is 4.40. The first-order valence-electron chi connectivity index (χ1n) is 11.4. The smallest absolute Gasteiger partial charge is 0.426 e. The molecule has 0 unspecified atom stereocenters. The molecule has 0 bridgehead atoms. The molecule has 2 aromatic carbocycles. The van der Waals surface area contributed by atoms with E-state index in [-0.39, 0.29) is 17.7 Å². The van der Waals surface area contributed by atoms with Gasteiger partial charge < -0.3 is 20.7 Å². The Labute approximate surface area is 190 Å². The van der Waals surface area contributed by atoms with E-state index in [9.17, 15) is 19.6 Å². The van der Waals surface area contributed by atoms with Crippen LogP contribution < -0.4 is 10.6 Å². The standard InChI is InChI=1S/C25H33BN2O4/c1-17(2)15-23(26(31)32)28-25(30)22(16-18-9-4-3-5-10-18)27-24(29)21-14-8-12-19-11-6-7-13-20(19)21/h3-7,9-11,13,17,21-23,31-32H,8,12,14-16H2,1-2H3,(H,27,29)(H,28,30)/t21-,22-,23-/m0/s1. The molecule has 3 atom stereocenters. The van der Waals surface area contributed by atoms with Crippen molar-refractivity contribution in [2.45, 2.75) is 63.9 Å². The lowest BCUT2D eigenvalue weighted by molar-refractivity contribution is -0.130. The molecule has 0 fully saturated rings. The number of rotatable bonds is 9. The summed E-state index contributed by atoms with van der Waals surface area (Å²) in [4.78, 5) is 26.4. The molecule has 0 saturated carbocycles. The summed E-state index contributed by atoms with van der Waals surface area (Å²) < 4.78 is 0. The monoisotopic (exact) mass is 436 g/mol. The van der Waals surface area contributed by atoms with Crippen LogP contribution in [0.2, 0.25) is 0 Å². The Kier molecular flexibility index (Phi) is 8.48. The molecule has 0 heterocycles. The van der Waals surface area contributed by atoms with E-state index < -0.39 is 25.0 Å². The van der Waals surface area contributed by atoms with E-state index in [1.54, 1.807) is 0 Å². The van der Waals surface area contributed by atoms with Crippen molar-refractivity contribution in [2.24, 2.45) is 5.92 Å². The molecule has 0 radical (unpaired) electrons. The van der Waals surface area contributed by atoms with Gasteiger partial charge in [-0.15, -0.1) is 0 Å². The number of benzene rings is 2. The largest absolute Gasteiger partial charge is 0.475 e. The first-order chi connectivity index (χ1) is 15.3. The van der Waals surface area contributed by atoms with Gasteiger partial charge in [-0.25, -0.2) is 0 Å². The first kappa shape index (κ1) is 24.0. The number of carbonyl (C=O) groups excluding carboxylic acids is 2. The molecule has 0 aliphatic heterocycles. The van der Waals surface area contributed by atoms with Gasteiger partial charge in [0.2, 0.25) is 11.8 Å². The average Bonchev–Trinajstić information content (AvgIpc) is 2.78. The summed E-state index contributed by atoms with van der Waals surface area (Å²) in [6, 6.07) is 16.7. The van der Waals surface area contributed by atoms with E-state index in [0.717, 1.165) is 30.4 Å². The predicted molar refractivity (Wildman–Crippen MR) is 126 cm³/mol. The molecule has 2 aromatic rings. The third-order valence-electron chi connectivity index (χ3n) is 6.01. The molecule has 1 aliphatic carbocycles. The fourth-order valence-corrected chi connectivity index (χ4v) is 4.40. The molecule has 3 rings (SSSR count). The topological polar surface area (TPSA) is 98.7 Å². The van der Waals surface area contributed by atoms with Gasteiger partial charge >= 0.3 is 7.12 Å². The molecule has 0 saturated heterocycles. The third-order valence-corrected chi connectivity index (χ3v) is 6.01. The van der Waals surface area contributed by atoms with Crippen molar-refractivity contribution in [1.29, 1.82) is 0 Å². The Balaban J connectivity index is 1.78. The minimum absolute atomic E-state index is 0.168. The molecular weight excluding hydrogens is 403 g/mol. The maximum Gasteiger partial charge on any atom is 0.475 e. The van der Waals surface area contributed by atoms with Crippen molar-refractivity contribution >= 4 is 18.9 Å². The van der Waals surface area contributed by atoms with Crippen molar-refractivity contribution in [1.82, 2.24) is 10.6 Å². The number of fused-ring (bicyclic) bond motifs is 1. The highest BCUT2D eigenvalue weighted by Gasteiger charge is 2.32. The SMILES string of the molecule is CC(C)C[C@H](NC(=O)[C@H](Cc1ccccc1)NC(=O)[C@H]1CCCc2ccccc21)B(O)O. The van der Waals surface area contributed by atoms with Gasteiger partial charge in [0.05, 0.1) is 11.9 Å². The third kappa shape index (κ3) is 6.44. The molecule has 7 heteroatoms. The molecular formula is C25H33BN2O4. The van der Waals surface area contributed by atoms with E-state index in [4.69, 9.17) is 0 Å². The molecule has 32 heavy (non-hydrogen) atoms. The second kappa shape index (κ2) is 11.3. The van der Waals surface area contributed by atoms with Crippen LogP contribution in [0, 0.1) is 5.92 Å². The van der Waals surface area contributed by atoms with Crippen LogP contribution in [0.5, 0.6) is 0 Å². The highest BCUT2D eigenvalue weighted by atomic mass is 16.4. The summed E-state index contributed by atoms with van der Waals surface area (Å²) >= 11 is 0. The second-order valence-electron chi connectivity index (χ2n) is 9.05. The predicted octanol–water partition coefficient (Wildman–Crippen LogP) is 2.38. The Morgan fingerprint density at radius 2 is 1.72 bits per heavy atom. The van der Waals surface area contributed by atoms with Crippen molar-refractivity contribution in [2.75, 3.05) is 0 Å². The maximum absolute atomic E-state index is 13.3.